The van der Waals surface area contributed by atoms with Gasteiger partial charge in [-0.05, 0) is 13.8 Å². The highest BCUT2D eigenvalue weighted by molar-refractivity contribution is 7.80. The maximum atomic E-state index is 11.2. The first kappa shape index (κ1) is 13.2. The second-order valence-electron chi connectivity index (χ2n) is 2.78. The smallest absolute Gasteiger partial charge is 0.329 e. The van der Waals surface area contributed by atoms with Gasteiger partial charge in [-0.25, -0.2) is 4.79 Å². The molecule has 5 nitrogen and oxygen atoms in total. The Bertz CT molecular complexity index is 209. The average Bonchev–Trinajstić information content (AvgIpc) is 2.13. The zero-order valence-corrected chi connectivity index (χ0v) is 9.21. The van der Waals surface area contributed by atoms with E-state index in [4.69, 9.17) is 10.5 Å². The largest absolute Gasteiger partial charge is 0.464 e. The molecule has 0 fully saturated rings. The number of carbonyl (C=O) groups is 2. The molecule has 0 unspecified atom stereocenters. The van der Waals surface area contributed by atoms with Gasteiger partial charge in [0.15, 0.2) is 0 Å². The molecule has 14 heavy (non-hydrogen) atoms. The highest BCUT2D eigenvalue weighted by Crippen LogP contribution is 1.93. The van der Waals surface area contributed by atoms with Gasteiger partial charge in [0.05, 0.1) is 12.6 Å². The topological polar surface area (TPSA) is 81.4 Å². The summed E-state index contributed by atoms with van der Waals surface area (Å²) in [5.41, 5.74) is 5.32. The molecule has 0 aromatic heterocycles. The minimum Gasteiger partial charge on any atom is -0.464 e. The number of rotatable bonds is 5. The van der Waals surface area contributed by atoms with Gasteiger partial charge in [-0.2, -0.15) is 12.6 Å². The van der Waals surface area contributed by atoms with Gasteiger partial charge in [0.1, 0.15) is 6.04 Å². The summed E-state index contributed by atoms with van der Waals surface area (Å²) in [6.45, 7) is 3.51. The maximum absolute atomic E-state index is 11.2. The van der Waals surface area contributed by atoms with E-state index in [9.17, 15) is 9.59 Å². The fourth-order valence-corrected chi connectivity index (χ4v) is 0.965. The number of hydrogen-bond acceptors (Lipinski definition) is 5. The van der Waals surface area contributed by atoms with E-state index in [1.165, 1.54) is 6.92 Å². The first-order valence-electron chi connectivity index (χ1n) is 4.36. The van der Waals surface area contributed by atoms with E-state index in [1.54, 1.807) is 6.92 Å². The average molecular weight is 220 g/mol. The Morgan fingerprint density at radius 3 is 2.50 bits per heavy atom. The molecule has 0 saturated heterocycles. The van der Waals surface area contributed by atoms with Crippen LogP contribution in [-0.2, 0) is 14.3 Å². The van der Waals surface area contributed by atoms with Crippen LogP contribution in [0.25, 0.3) is 0 Å². The molecule has 0 aliphatic heterocycles. The number of thiol groups is 1. The van der Waals surface area contributed by atoms with Crippen LogP contribution in [0.4, 0.5) is 0 Å². The first-order valence-corrected chi connectivity index (χ1v) is 4.99. The molecule has 0 radical (unpaired) electrons. The molecule has 0 aromatic rings. The Hall–Kier alpha value is -0.750. The van der Waals surface area contributed by atoms with Crippen LogP contribution in [0.1, 0.15) is 13.8 Å². The van der Waals surface area contributed by atoms with Crippen molar-refractivity contribution in [2.75, 3.05) is 12.4 Å². The van der Waals surface area contributed by atoms with Crippen molar-refractivity contribution in [2.45, 2.75) is 25.9 Å². The number of ether oxygens (including phenoxy) is 1. The van der Waals surface area contributed by atoms with E-state index >= 15 is 0 Å². The summed E-state index contributed by atoms with van der Waals surface area (Å²) >= 11 is 3.93. The molecule has 0 aliphatic carbocycles. The van der Waals surface area contributed by atoms with Crippen molar-refractivity contribution < 1.29 is 14.3 Å². The standard InChI is InChI=1S/C8H16N2O3S/c1-3-13-8(12)6(4-14)10-7(11)5(2)9/h5-6,14H,3-4,9H2,1-2H3,(H,10,11)/t5-,6-/m0/s1. The van der Waals surface area contributed by atoms with Crippen LogP contribution in [-0.4, -0.2) is 36.3 Å². The fraction of sp³-hybridized carbons (Fsp3) is 0.750. The van der Waals surface area contributed by atoms with Crippen molar-refractivity contribution in [3.8, 4) is 0 Å². The normalized spacial score (nSPS) is 14.3. The molecule has 82 valence electrons. The number of nitrogens with one attached hydrogen (secondary N) is 1. The zero-order valence-electron chi connectivity index (χ0n) is 8.32. The lowest BCUT2D eigenvalue weighted by molar-refractivity contribution is -0.146. The molecule has 0 saturated carbocycles. The maximum Gasteiger partial charge on any atom is 0.329 e. The molecular weight excluding hydrogens is 204 g/mol. The minimum atomic E-state index is -0.725. The van der Waals surface area contributed by atoms with Crippen molar-refractivity contribution in [1.82, 2.24) is 5.32 Å². The summed E-state index contributed by atoms with van der Waals surface area (Å²) in [6.07, 6.45) is 0. The van der Waals surface area contributed by atoms with Crippen LogP contribution >= 0.6 is 12.6 Å². The summed E-state index contributed by atoms with van der Waals surface area (Å²) in [5.74, 6) is -0.689. The molecule has 0 bridgehead atoms. The lowest BCUT2D eigenvalue weighted by Gasteiger charge is -2.16. The third kappa shape index (κ3) is 4.48. The Balaban J connectivity index is 4.15. The van der Waals surface area contributed by atoms with E-state index in [0.29, 0.717) is 0 Å². The molecule has 0 heterocycles. The monoisotopic (exact) mass is 220 g/mol. The van der Waals surface area contributed by atoms with Gasteiger partial charge in [0, 0.05) is 5.75 Å². The predicted molar refractivity (Wildman–Crippen MR) is 56.1 cm³/mol. The number of hydrogen-bond donors (Lipinski definition) is 3. The van der Waals surface area contributed by atoms with Crippen LogP contribution in [0.5, 0.6) is 0 Å². The molecule has 3 N–H and O–H groups in total. The van der Waals surface area contributed by atoms with Gasteiger partial charge >= 0.3 is 5.97 Å². The molecule has 0 aliphatic rings. The minimum absolute atomic E-state index is 0.192. The van der Waals surface area contributed by atoms with Gasteiger partial charge in [0.25, 0.3) is 0 Å². The van der Waals surface area contributed by atoms with Crippen LogP contribution < -0.4 is 11.1 Å². The zero-order chi connectivity index (χ0) is 11.1. The lowest BCUT2D eigenvalue weighted by Crippen LogP contribution is -2.48. The van der Waals surface area contributed by atoms with Gasteiger partial charge < -0.3 is 15.8 Å². The number of esters is 1. The second-order valence-corrected chi connectivity index (χ2v) is 3.15. The third-order valence-corrected chi connectivity index (χ3v) is 1.85. The van der Waals surface area contributed by atoms with Gasteiger partial charge in [-0.15, -0.1) is 0 Å². The van der Waals surface area contributed by atoms with E-state index < -0.39 is 24.0 Å². The van der Waals surface area contributed by atoms with Crippen molar-refractivity contribution in [3.05, 3.63) is 0 Å². The quantitative estimate of drug-likeness (QED) is 0.423. The Morgan fingerprint density at radius 2 is 2.14 bits per heavy atom. The second kappa shape index (κ2) is 6.67. The van der Waals surface area contributed by atoms with E-state index in [-0.39, 0.29) is 12.4 Å². The summed E-state index contributed by atoms with van der Waals surface area (Å²) in [7, 11) is 0. The lowest BCUT2D eigenvalue weighted by atomic mass is 10.3. The number of amides is 1. The molecular formula is C8H16N2O3S. The van der Waals surface area contributed by atoms with Crippen molar-refractivity contribution in [1.29, 1.82) is 0 Å². The Kier molecular flexibility index (Phi) is 6.31. The van der Waals surface area contributed by atoms with E-state index in [2.05, 4.69) is 17.9 Å². The molecule has 0 spiro atoms. The summed E-state index contributed by atoms with van der Waals surface area (Å²) < 4.78 is 4.73. The summed E-state index contributed by atoms with van der Waals surface area (Å²) in [6, 6.07) is -1.37. The number of carbonyl (C=O) groups excluding carboxylic acids is 2. The van der Waals surface area contributed by atoms with Crippen LogP contribution in [0.15, 0.2) is 0 Å². The molecule has 0 rings (SSSR count). The van der Waals surface area contributed by atoms with Gasteiger partial charge in [0.2, 0.25) is 5.91 Å². The molecule has 1 amide bonds. The van der Waals surface area contributed by atoms with Crippen LogP contribution in [0.2, 0.25) is 0 Å². The third-order valence-electron chi connectivity index (χ3n) is 1.48. The predicted octanol–water partition coefficient (Wildman–Crippen LogP) is -0.689. The fourth-order valence-electron chi connectivity index (χ4n) is 0.725. The SMILES string of the molecule is CCOC(=O)[C@H](CS)NC(=O)[C@H](C)N. The van der Waals surface area contributed by atoms with Crippen molar-refractivity contribution in [2.24, 2.45) is 5.73 Å². The Labute approximate surface area is 88.8 Å². The highest BCUT2D eigenvalue weighted by Gasteiger charge is 2.21. The van der Waals surface area contributed by atoms with Crippen molar-refractivity contribution >= 4 is 24.5 Å². The van der Waals surface area contributed by atoms with Crippen LogP contribution in [0, 0.1) is 0 Å². The van der Waals surface area contributed by atoms with E-state index in [1.807, 2.05) is 0 Å². The first-order chi connectivity index (χ1) is 6.52. The van der Waals surface area contributed by atoms with Crippen LogP contribution in [0.3, 0.4) is 0 Å². The Morgan fingerprint density at radius 1 is 1.57 bits per heavy atom. The highest BCUT2D eigenvalue weighted by atomic mass is 32.1. The number of nitrogens with two attached hydrogens (primary N) is 1. The molecule has 6 heteroatoms. The molecule has 0 aromatic carbocycles. The van der Waals surface area contributed by atoms with Crippen molar-refractivity contribution in [3.63, 3.8) is 0 Å². The summed E-state index contributed by atoms with van der Waals surface area (Å²) in [4.78, 5) is 22.3. The van der Waals surface area contributed by atoms with Gasteiger partial charge in [-0.1, -0.05) is 0 Å². The van der Waals surface area contributed by atoms with E-state index in [0.717, 1.165) is 0 Å². The summed E-state index contributed by atoms with van der Waals surface area (Å²) in [5, 5.41) is 2.44. The van der Waals surface area contributed by atoms with Gasteiger partial charge in [-0.3, -0.25) is 4.79 Å². The molecule has 2 atom stereocenters.